The molecule has 0 saturated carbocycles. The van der Waals surface area contributed by atoms with E-state index in [9.17, 15) is 19.2 Å². The summed E-state index contributed by atoms with van der Waals surface area (Å²) in [5, 5.41) is 8.36. The fourth-order valence-electron chi connectivity index (χ4n) is 4.15. The van der Waals surface area contributed by atoms with E-state index in [-0.39, 0.29) is 28.8 Å². The maximum atomic E-state index is 13.4. The minimum atomic E-state index is -0.681. The summed E-state index contributed by atoms with van der Waals surface area (Å²) in [5.41, 5.74) is 1.12. The van der Waals surface area contributed by atoms with Crippen LogP contribution in [-0.2, 0) is 14.3 Å². The molecule has 0 fully saturated rings. The SMILES string of the molecule is COC(=O)c1ccc(C(=O)OC)c(NC(=O)CC2CSc3nc4c(cnn4-c4ccc(Cl)cc4)c(=O)n32)c1. The van der Waals surface area contributed by atoms with Gasteiger partial charge in [0, 0.05) is 17.2 Å². The Hall–Kier alpha value is -4.16. The van der Waals surface area contributed by atoms with Crippen molar-refractivity contribution in [1.82, 2.24) is 19.3 Å². The Morgan fingerprint density at radius 3 is 2.55 bits per heavy atom. The van der Waals surface area contributed by atoms with Gasteiger partial charge in [0.1, 0.15) is 5.39 Å². The van der Waals surface area contributed by atoms with Gasteiger partial charge in [-0.1, -0.05) is 23.4 Å². The molecule has 0 bridgehead atoms. The largest absolute Gasteiger partial charge is 0.465 e. The Morgan fingerprint density at radius 1 is 1.11 bits per heavy atom. The van der Waals surface area contributed by atoms with E-state index in [4.69, 9.17) is 21.1 Å². The van der Waals surface area contributed by atoms with Crippen LogP contribution in [0.25, 0.3) is 16.7 Å². The molecular formula is C25H20ClN5O6S. The van der Waals surface area contributed by atoms with Gasteiger partial charge >= 0.3 is 11.9 Å². The summed E-state index contributed by atoms with van der Waals surface area (Å²) in [6.07, 6.45) is 1.38. The first-order valence-electron chi connectivity index (χ1n) is 11.3. The Balaban J connectivity index is 1.42. The maximum Gasteiger partial charge on any atom is 0.339 e. The number of carbonyl (C=O) groups is 3. The number of amides is 1. The fraction of sp³-hybridized carbons (Fsp3) is 0.200. The summed E-state index contributed by atoms with van der Waals surface area (Å²) >= 11 is 7.34. The first kappa shape index (κ1) is 25.5. The molecule has 194 valence electrons. The smallest absolute Gasteiger partial charge is 0.339 e. The highest BCUT2D eigenvalue weighted by molar-refractivity contribution is 7.99. The second-order valence-corrected chi connectivity index (χ2v) is 9.72. The van der Waals surface area contributed by atoms with Crippen molar-refractivity contribution < 1.29 is 23.9 Å². The van der Waals surface area contributed by atoms with E-state index in [1.807, 2.05) is 0 Å². The van der Waals surface area contributed by atoms with Gasteiger partial charge in [-0.2, -0.15) is 5.10 Å². The van der Waals surface area contributed by atoms with Gasteiger partial charge < -0.3 is 14.8 Å². The van der Waals surface area contributed by atoms with Crippen molar-refractivity contribution in [3.05, 3.63) is 75.2 Å². The van der Waals surface area contributed by atoms with E-state index in [2.05, 4.69) is 15.4 Å². The summed E-state index contributed by atoms with van der Waals surface area (Å²) in [4.78, 5) is 55.2. The molecule has 1 aliphatic rings. The molecule has 0 spiro atoms. The number of carbonyl (C=O) groups excluding carboxylic acids is 3. The first-order valence-corrected chi connectivity index (χ1v) is 12.7. The molecule has 2 aromatic carbocycles. The summed E-state index contributed by atoms with van der Waals surface area (Å²) in [7, 11) is 2.44. The molecule has 2 aromatic heterocycles. The van der Waals surface area contributed by atoms with Crippen molar-refractivity contribution in [3.8, 4) is 5.69 Å². The van der Waals surface area contributed by atoms with Crippen molar-refractivity contribution in [2.45, 2.75) is 17.6 Å². The number of aromatic nitrogens is 4. The third-order valence-corrected chi connectivity index (χ3v) is 7.33. The number of nitrogens with zero attached hydrogens (tertiary/aromatic N) is 4. The Morgan fingerprint density at radius 2 is 1.84 bits per heavy atom. The van der Waals surface area contributed by atoms with Crippen LogP contribution in [0.15, 0.2) is 58.6 Å². The number of anilines is 1. The van der Waals surface area contributed by atoms with Crippen LogP contribution in [-0.4, -0.2) is 57.1 Å². The van der Waals surface area contributed by atoms with Gasteiger partial charge in [-0.15, -0.1) is 0 Å². The molecular weight excluding hydrogens is 534 g/mol. The highest BCUT2D eigenvalue weighted by atomic mass is 35.5. The molecule has 0 aliphatic carbocycles. The van der Waals surface area contributed by atoms with Gasteiger partial charge in [0.05, 0.1) is 49.0 Å². The van der Waals surface area contributed by atoms with Gasteiger partial charge in [-0.05, 0) is 42.5 Å². The lowest BCUT2D eigenvalue weighted by Gasteiger charge is -2.15. The zero-order valence-corrected chi connectivity index (χ0v) is 21.7. The first-order chi connectivity index (χ1) is 18.3. The van der Waals surface area contributed by atoms with Crippen LogP contribution < -0.4 is 10.9 Å². The molecule has 4 aromatic rings. The average Bonchev–Trinajstić information content (AvgIpc) is 3.53. The van der Waals surface area contributed by atoms with E-state index in [0.717, 1.165) is 0 Å². The summed E-state index contributed by atoms with van der Waals surface area (Å²) in [5.74, 6) is -1.32. The van der Waals surface area contributed by atoms with Crippen molar-refractivity contribution in [2.24, 2.45) is 0 Å². The molecule has 1 amide bonds. The van der Waals surface area contributed by atoms with Crippen LogP contribution in [0.3, 0.4) is 0 Å². The Labute approximate surface area is 224 Å². The lowest BCUT2D eigenvalue weighted by molar-refractivity contribution is -0.116. The van der Waals surface area contributed by atoms with Gasteiger partial charge in [0.2, 0.25) is 5.91 Å². The number of ether oxygens (including phenoxy) is 2. The number of benzene rings is 2. The number of rotatable bonds is 6. The van der Waals surface area contributed by atoms with Crippen LogP contribution >= 0.6 is 23.4 Å². The van der Waals surface area contributed by atoms with Crippen molar-refractivity contribution in [1.29, 1.82) is 0 Å². The normalized spacial score (nSPS) is 14.2. The predicted molar refractivity (Wildman–Crippen MR) is 140 cm³/mol. The maximum absolute atomic E-state index is 13.4. The van der Waals surface area contributed by atoms with Crippen LogP contribution in [0.1, 0.15) is 33.2 Å². The van der Waals surface area contributed by atoms with Gasteiger partial charge in [0.25, 0.3) is 5.56 Å². The zero-order chi connectivity index (χ0) is 27.0. The average molecular weight is 554 g/mol. The van der Waals surface area contributed by atoms with Crippen LogP contribution in [0.4, 0.5) is 5.69 Å². The number of thioether (sulfide) groups is 1. The van der Waals surface area contributed by atoms with Gasteiger partial charge in [-0.3, -0.25) is 14.2 Å². The number of methoxy groups -OCH3 is 2. The molecule has 1 aliphatic heterocycles. The minimum Gasteiger partial charge on any atom is -0.465 e. The third-order valence-electron chi connectivity index (χ3n) is 5.98. The molecule has 11 nitrogen and oxygen atoms in total. The second-order valence-electron chi connectivity index (χ2n) is 8.30. The standard InChI is InChI=1S/C25H20ClN5O6S/c1-36-23(34)13-3-8-17(24(35)37-2)19(9-13)28-20(32)10-16-12-38-25-29-21-18(22(33)30(16)25)11-27-31(21)15-6-4-14(26)5-7-15/h3-9,11,16H,10,12H2,1-2H3,(H,28,32). The van der Waals surface area contributed by atoms with Gasteiger partial charge in [0.15, 0.2) is 10.8 Å². The van der Waals surface area contributed by atoms with Crippen molar-refractivity contribution >= 4 is 57.9 Å². The van der Waals surface area contributed by atoms with E-state index < -0.39 is 23.9 Å². The number of hydrogen-bond acceptors (Lipinski definition) is 9. The zero-order valence-electron chi connectivity index (χ0n) is 20.1. The number of halogens is 1. The molecule has 38 heavy (non-hydrogen) atoms. The van der Waals surface area contributed by atoms with E-state index >= 15 is 0 Å². The Kier molecular flexibility index (Phi) is 6.91. The topological polar surface area (TPSA) is 134 Å². The fourth-order valence-corrected chi connectivity index (χ4v) is 5.40. The Bertz CT molecular complexity index is 1650. The molecule has 0 saturated heterocycles. The van der Waals surface area contributed by atoms with E-state index in [1.165, 1.54) is 54.9 Å². The molecule has 3 heterocycles. The van der Waals surface area contributed by atoms with Crippen molar-refractivity contribution in [3.63, 3.8) is 0 Å². The summed E-state index contributed by atoms with van der Waals surface area (Å²) in [6.45, 7) is 0. The number of hydrogen-bond donors (Lipinski definition) is 1. The molecule has 1 atom stereocenters. The highest BCUT2D eigenvalue weighted by Gasteiger charge is 2.30. The van der Waals surface area contributed by atoms with Gasteiger partial charge in [-0.25, -0.2) is 19.3 Å². The van der Waals surface area contributed by atoms with E-state index in [0.29, 0.717) is 32.7 Å². The third kappa shape index (κ3) is 4.63. The highest BCUT2D eigenvalue weighted by Crippen LogP contribution is 2.34. The lowest BCUT2D eigenvalue weighted by atomic mass is 10.1. The predicted octanol–water partition coefficient (Wildman–Crippen LogP) is 3.48. The number of fused-ring (bicyclic) bond motifs is 2. The second kappa shape index (κ2) is 10.3. The van der Waals surface area contributed by atoms with Crippen molar-refractivity contribution in [2.75, 3.05) is 25.3 Å². The number of nitrogens with one attached hydrogen (secondary N) is 1. The lowest BCUT2D eigenvalue weighted by Crippen LogP contribution is -2.28. The molecule has 0 radical (unpaired) electrons. The quantitative estimate of drug-likeness (QED) is 0.281. The molecule has 1 N–H and O–H groups in total. The molecule has 13 heteroatoms. The number of esters is 2. The van der Waals surface area contributed by atoms with Crippen LogP contribution in [0.5, 0.6) is 0 Å². The summed E-state index contributed by atoms with van der Waals surface area (Å²) in [6, 6.07) is 10.6. The van der Waals surface area contributed by atoms with Crippen LogP contribution in [0.2, 0.25) is 5.02 Å². The monoisotopic (exact) mass is 553 g/mol. The van der Waals surface area contributed by atoms with Crippen LogP contribution in [0, 0.1) is 0 Å². The molecule has 5 rings (SSSR count). The van der Waals surface area contributed by atoms with E-state index in [1.54, 1.807) is 28.9 Å². The molecule has 1 unspecified atom stereocenters. The minimum absolute atomic E-state index is 0.0680. The summed E-state index contributed by atoms with van der Waals surface area (Å²) < 4.78 is 12.6.